The SMILES string of the molecule is C[C@H]1C[C@@H](NC(=O)O)CN(c2cccc3ncccc23)C1. The molecule has 2 N–H and O–H groups in total. The first kappa shape index (κ1) is 13.7. The van der Waals surface area contributed by atoms with Crippen molar-refractivity contribution in [1.82, 2.24) is 10.3 Å². The van der Waals surface area contributed by atoms with Crippen molar-refractivity contribution in [3.05, 3.63) is 36.5 Å². The number of anilines is 1. The van der Waals surface area contributed by atoms with Crippen LogP contribution in [0.3, 0.4) is 0 Å². The molecule has 1 aliphatic rings. The van der Waals surface area contributed by atoms with Crippen LogP contribution in [0.1, 0.15) is 13.3 Å². The molecule has 1 saturated heterocycles. The summed E-state index contributed by atoms with van der Waals surface area (Å²) >= 11 is 0. The lowest BCUT2D eigenvalue weighted by Crippen LogP contribution is -2.50. The summed E-state index contributed by atoms with van der Waals surface area (Å²) in [6.07, 6.45) is 1.72. The van der Waals surface area contributed by atoms with Gasteiger partial charge in [0.05, 0.1) is 5.52 Å². The second-order valence-electron chi connectivity index (χ2n) is 5.74. The zero-order valence-electron chi connectivity index (χ0n) is 12.0. The molecular weight excluding hydrogens is 266 g/mol. The van der Waals surface area contributed by atoms with Gasteiger partial charge in [0.2, 0.25) is 0 Å². The fraction of sp³-hybridized carbons (Fsp3) is 0.375. The van der Waals surface area contributed by atoms with E-state index in [0.29, 0.717) is 12.5 Å². The van der Waals surface area contributed by atoms with Crippen LogP contribution in [-0.4, -0.2) is 35.3 Å². The van der Waals surface area contributed by atoms with E-state index in [1.807, 2.05) is 18.2 Å². The molecule has 1 fully saturated rings. The molecule has 1 amide bonds. The molecule has 110 valence electrons. The van der Waals surface area contributed by atoms with Crippen LogP contribution in [0.25, 0.3) is 10.9 Å². The largest absolute Gasteiger partial charge is 0.465 e. The number of fused-ring (bicyclic) bond motifs is 1. The van der Waals surface area contributed by atoms with Crippen LogP contribution >= 0.6 is 0 Å². The highest BCUT2D eigenvalue weighted by molar-refractivity contribution is 5.91. The fourth-order valence-corrected chi connectivity index (χ4v) is 3.19. The predicted molar refractivity (Wildman–Crippen MR) is 82.7 cm³/mol. The molecule has 0 saturated carbocycles. The molecule has 21 heavy (non-hydrogen) atoms. The summed E-state index contributed by atoms with van der Waals surface area (Å²) < 4.78 is 0. The van der Waals surface area contributed by atoms with Crippen LogP contribution < -0.4 is 10.2 Å². The predicted octanol–water partition coefficient (Wildman–Crippen LogP) is 2.72. The highest BCUT2D eigenvalue weighted by atomic mass is 16.4. The number of hydrogen-bond acceptors (Lipinski definition) is 3. The van der Waals surface area contributed by atoms with Gasteiger partial charge in [-0.3, -0.25) is 4.98 Å². The van der Waals surface area contributed by atoms with E-state index in [-0.39, 0.29) is 6.04 Å². The molecule has 1 aliphatic heterocycles. The minimum Gasteiger partial charge on any atom is -0.465 e. The lowest BCUT2D eigenvalue weighted by atomic mass is 9.95. The van der Waals surface area contributed by atoms with Gasteiger partial charge in [-0.15, -0.1) is 0 Å². The highest BCUT2D eigenvalue weighted by Gasteiger charge is 2.26. The normalized spacial score (nSPS) is 22.2. The molecule has 2 heterocycles. The first-order chi connectivity index (χ1) is 10.1. The van der Waals surface area contributed by atoms with Crippen LogP contribution in [0, 0.1) is 5.92 Å². The van der Waals surface area contributed by atoms with Crippen molar-refractivity contribution in [3.8, 4) is 0 Å². The molecular formula is C16H19N3O2. The molecule has 0 unspecified atom stereocenters. The minimum absolute atomic E-state index is 0.0295. The number of amides is 1. The van der Waals surface area contributed by atoms with Gasteiger partial charge in [-0.1, -0.05) is 13.0 Å². The van der Waals surface area contributed by atoms with Crippen molar-refractivity contribution in [2.45, 2.75) is 19.4 Å². The first-order valence-electron chi connectivity index (χ1n) is 7.21. The average molecular weight is 285 g/mol. The van der Waals surface area contributed by atoms with E-state index in [9.17, 15) is 4.79 Å². The number of rotatable bonds is 2. The van der Waals surface area contributed by atoms with Crippen LogP contribution in [0.5, 0.6) is 0 Å². The van der Waals surface area contributed by atoms with Gasteiger partial charge >= 0.3 is 6.09 Å². The molecule has 2 aromatic rings. The van der Waals surface area contributed by atoms with Crippen molar-refractivity contribution in [2.24, 2.45) is 5.92 Å². The summed E-state index contributed by atoms with van der Waals surface area (Å²) in [5.74, 6) is 0.447. The number of aromatic nitrogens is 1. The topological polar surface area (TPSA) is 65.5 Å². The summed E-state index contributed by atoms with van der Waals surface area (Å²) in [6, 6.07) is 10.1. The van der Waals surface area contributed by atoms with Crippen molar-refractivity contribution in [2.75, 3.05) is 18.0 Å². The van der Waals surface area contributed by atoms with Crippen LogP contribution in [0.15, 0.2) is 36.5 Å². The second-order valence-corrected chi connectivity index (χ2v) is 5.74. The van der Waals surface area contributed by atoms with Crippen LogP contribution in [0.2, 0.25) is 0 Å². The lowest BCUT2D eigenvalue weighted by molar-refractivity contribution is 0.186. The molecule has 0 spiro atoms. The Labute approximate surface area is 123 Å². The summed E-state index contributed by atoms with van der Waals surface area (Å²) in [5, 5.41) is 12.7. The average Bonchev–Trinajstić information content (AvgIpc) is 2.45. The van der Waals surface area contributed by atoms with Gasteiger partial charge in [-0.05, 0) is 36.6 Å². The van der Waals surface area contributed by atoms with Crippen molar-refractivity contribution in [1.29, 1.82) is 0 Å². The molecule has 5 heteroatoms. The Hall–Kier alpha value is -2.30. The number of nitrogens with one attached hydrogen (secondary N) is 1. The third-order valence-corrected chi connectivity index (χ3v) is 3.95. The summed E-state index contributed by atoms with van der Waals surface area (Å²) in [6.45, 7) is 3.79. The van der Waals surface area contributed by atoms with E-state index in [1.165, 1.54) is 0 Å². The molecule has 0 bridgehead atoms. The van der Waals surface area contributed by atoms with Gasteiger partial charge in [-0.25, -0.2) is 4.79 Å². The Morgan fingerprint density at radius 1 is 1.33 bits per heavy atom. The van der Waals surface area contributed by atoms with Gasteiger partial charge in [0, 0.05) is 36.4 Å². The molecule has 1 aromatic heterocycles. The molecule has 5 nitrogen and oxygen atoms in total. The highest BCUT2D eigenvalue weighted by Crippen LogP contribution is 2.29. The Kier molecular flexibility index (Phi) is 3.64. The van der Waals surface area contributed by atoms with E-state index in [1.54, 1.807) is 6.20 Å². The zero-order chi connectivity index (χ0) is 14.8. The second kappa shape index (κ2) is 5.60. The van der Waals surface area contributed by atoms with Crippen LogP contribution in [0.4, 0.5) is 10.5 Å². The van der Waals surface area contributed by atoms with E-state index >= 15 is 0 Å². The maximum absolute atomic E-state index is 10.9. The van der Waals surface area contributed by atoms with E-state index in [0.717, 1.165) is 29.6 Å². The standard InChI is InChI=1S/C16H19N3O2/c1-11-8-12(18-16(20)21)10-19(9-11)15-6-2-5-14-13(15)4-3-7-17-14/h2-7,11-12,18H,8-10H2,1H3,(H,20,21)/t11-,12+/m0/s1. The Morgan fingerprint density at radius 3 is 3.00 bits per heavy atom. The number of nitrogens with zero attached hydrogens (tertiary/aromatic N) is 2. The molecule has 3 rings (SSSR count). The number of piperidine rings is 1. The number of carbonyl (C=O) groups is 1. The van der Waals surface area contributed by atoms with Crippen LogP contribution in [-0.2, 0) is 0 Å². The van der Waals surface area contributed by atoms with Gasteiger partial charge in [0.1, 0.15) is 0 Å². The number of hydrogen-bond donors (Lipinski definition) is 2. The first-order valence-corrected chi connectivity index (χ1v) is 7.21. The lowest BCUT2D eigenvalue weighted by Gasteiger charge is -2.38. The van der Waals surface area contributed by atoms with Crippen molar-refractivity contribution >= 4 is 22.7 Å². The zero-order valence-corrected chi connectivity index (χ0v) is 12.0. The van der Waals surface area contributed by atoms with Gasteiger partial charge in [0.25, 0.3) is 0 Å². The maximum Gasteiger partial charge on any atom is 0.404 e. The monoisotopic (exact) mass is 285 g/mol. The Morgan fingerprint density at radius 2 is 2.19 bits per heavy atom. The fourth-order valence-electron chi connectivity index (χ4n) is 3.19. The molecule has 1 aromatic carbocycles. The van der Waals surface area contributed by atoms with Gasteiger partial charge in [-0.2, -0.15) is 0 Å². The quantitative estimate of drug-likeness (QED) is 0.890. The summed E-state index contributed by atoms with van der Waals surface area (Å²) in [4.78, 5) is 17.5. The maximum atomic E-state index is 10.9. The number of benzene rings is 1. The summed E-state index contributed by atoms with van der Waals surface area (Å²) in [5.41, 5.74) is 2.10. The molecule has 0 aliphatic carbocycles. The van der Waals surface area contributed by atoms with E-state index in [4.69, 9.17) is 5.11 Å². The minimum atomic E-state index is -0.950. The smallest absolute Gasteiger partial charge is 0.404 e. The Bertz CT molecular complexity index is 654. The van der Waals surface area contributed by atoms with Crippen molar-refractivity contribution < 1.29 is 9.90 Å². The van der Waals surface area contributed by atoms with E-state index in [2.05, 4.69) is 34.3 Å². The molecule has 0 radical (unpaired) electrons. The van der Waals surface area contributed by atoms with Gasteiger partial charge in [0.15, 0.2) is 0 Å². The van der Waals surface area contributed by atoms with Gasteiger partial charge < -0.3 is 15.3 Å². The number of carboxylic acid groups (broad SMARTS) is 1. The third-order valence-electron chi connectivity index (χ3n) is 3.95. The van der Waals surface area contributed by atoms with E-state index < -0.39 is 6.09 Å². The molecule has 2 atom stereocenters. The Balaban J connectivity index is 1.92. The third kappa shape index (κ3) is 2.91. The summed E-state index contributed by atoms with van der Waals surface area (Å²) in [7, 11) is 0. The van der Waals surface area contributed by atoms with Crippen molar-refractivity contribution in [3.63, 3.8) is 0 Å². The number of pyridine rings is 1.